The normalized spacial score (nSPS) is 18.6. The largest absolute Gasteiger partial charge is 0.309 e. The second-order valence-electron chi connectivity index (χ2n) is 4.06. The Morgan fingerprint density at radius 1 is 1.06 bits per heavy atom. The third-order valence-corrected chi connectivity index (χ3v) is 2.98. The van der Waals surface area contributed by atoms with E-state index in [0.717, 1.165) is 17.8 Å². The Kier molecular flexibility index (Phi) is 2.58. The molecule has 0 bridgehead atoms. The van der Waals surface area contributed by atoms with E-state index in [-0.39, 0.29) is 0 Å². The van der Waals surface area contributed by atoms with Gasteiger partial charge in [0.05, 0.1) is 5.71 Å². The summed E-state index contributed by atoms with van der Waals surface area (Å²) in [6, 6.07) is 14.4. The second-order valence-corrected chi connectivity index (χ2v) is 4.06. The lowest BCUT2D eigenvalue weighted by Gasteiger charge is -2.11. The Hall–Kier alpha value is -2.16. The molecular formula is C14H13N3. The fraction of sp³-hybridized carbons (Fsp3) is 0.143. The van der Waals surface area contributed by atoms with Crippen LogP contribution in [0.2, 0.25) is 0 Å². The van der Waals surface area contributed by atoms with Gasteiger partial charge in [0.2, 0.25) is 0 Å². The fourth-order valence-electron chi connectivity index (χ4n) is 2.14. The molecule has 1 aliphatic heterocycles. The summed E-state index contributed by atoms with van der Waals surface area (Å²) in [6.07, 6.45) is 3.64. The molecule has 2 heterocycles. The first kappa shape index (κ1) is 10.0. The molecule has 0 radical (unpaired) electrons. The van der Waals surface area contributed by atoms with Gasteiger partial charge in [-0.3, -0.25) is 4.98 Å². The van der Waals surface area contributed by atoms with Crippen LogP contribution in [0.4, 0.5) is 0 Å². The Labute approximate surface area is 100 Å². The van der Waals surface area contributed by atoms with Crippen LogP contribution in [0, 0.1) is 0 Å². The summed E-state index contributed by atoms with van der Waals surface area (Å²) in [5, 5.41) is 4.39. The fourth-order valence-corrected chi connectivity index (χ4v) is 2.14. The van der Waals surface area contributed by atoms with Crippen molar-refractivity contribution in [1.82, 2.24) is 10.4 Å². The van der Waals surface area contributed by atoms with Gasteiger partial charge in [0.15, 0.2) is 0 Å². The summed E-state index contributed by atoms with van der Waals surface area (Å²) in [6.45, 7) is 0.855. The van der Waals surface area contributed by atoms with Crippen LogP contribution in [0.5, 0.6) is 0 Å². The molecule has 0 saturated carbocycles. The molecule has 1 aromatic heterocycles. The Bertz CT molecular complexity index is 520. The van der Waals surface area contributed by atoms with Crippen LogP contribution in [0.15, 0.2) is 60.0 Å². The van der Waals surface area contributed by atoms with Gasteiger partial charge >= 0.3 is 0 Å². The molecule has 0 spiro atoms. The Morgan fingerprint density at radius 2 is 1.94 bits per heavy atom. The van der Waals surface area contributed by atoms with E-state index in [9.17, 15) is 0 Å². The molecule has 3 heteroatoms. The van der Waals surface area contributed by atoms with Crippen molar-refractivity contribution in [2.24, 2.45) is 5.10 Å². The third-order valence-electron chi connectivity index (χ3n) is 2.98. The van der Waals surface area contributed by atoms with Crippen molar-refractivity contribution >= 4 is 5.71 Å². The van der Waals surface area contributed by atoms with E-state index in [1.54, 1.807) is 6.20 Å². The minimum Gasteiger partial charge on any atom is -0.309 e. The van der Waals surface area contributed by atoms with Crippen LogP contribution in [-0.2, 0) is 0 Å². The van der Waals surface area contributed by atoms with Crippen LogP contribution in [-0.4, -0.2) is 17.2 Å². The molecule has 1 atom stereocenters. The average Bonchev–Trinajstić information content (AvgIpc) is 2.90. The molecular weight excluding hydrogens is 210 g/mol. The van der Waals surface area contributed by atoms with Gasteiger partial charge < -0.3 is 5.43 Å². The van der Waals surface area contributed by atoms with E-state index in [4.69, 9.17) is 0 Å². The van der Waals surface area contributed by atoms with Crippen molar-refractivity contribution in [3.05, 3.63) is 66.0 Å². The maximum atomic E-state index is 4.39. The maximum Gasteiger partial charge on any atom is 0.0783 e. The van der Waals surface area contributed by atoms with Crippen LogP contribution < -0.4 is 5.43 Å². The first-order chi connectivity index (χ1) is 8.45. The molecule has 3 rings (SSSR count). The third kappa shape index (κ3) is 1.91. The Balaban J connectivity index is 1.96. The number of nitrogens with one attached hydrogen (secondary N) is 1. The highest BCUT2D eigenvalue weighted by molar-refractivity contribution is 6.05. The van der Waals surface area contributed by atoms with Gasteiger partial charge in [0.25, 0.3) is 0 Å². The van der Waals surface area contributed by atoms with Crippen molar-refractivity contribution < 1.29 is 0 Å². The summed E-state index contributed by atoms with van der Waals surface area (Å²) in [5.41, 5.74) is 6.53. The Morgan fingerprint density at radius 3 is 2.71 bits per heavy atom. The molecule has 0 fully saturated rings. The topological polar surface area (TPSA) is 37.3 Å². The van der Waals surface area contributed by atoms with Crippen molar-refractivity contribution in [2.45, 2.75) is 5.92 Å². The SMILES string of the molecule is c1ccc(C2CNN=C2c2cccnc2)cc1. The summed E-state index contributed by atoms with van der Waals surface area (Å²) >= 11 is 0. The summed E-state index contributed by atoms with van der Waals surface area (Å²) in [4.78, 5) is 4.15. The number of benzene rings is 1. The number of nitrogens with zero attached hydrogens (tertiary/aromatic N) is 2. The van der Waals surface area contributed by atoms with Gasteiger partial charge in [-0.15, -0.1) is 0 Å². The van der Waals surface area contributed by atoms with Crippen molar-refractivity contribution in [3.63, 3.8) is 0 Å². The lowest BCUT2D eigenvalue weighted by molar-refractivity contribution is 0.763. The van der Waals surface area contributed by atoms with Crippen LogP contribution >= 0.6 is 0 Å². The quantitative estimate of drug-likeness (QED) is 0.847. The van der Waals surface area contributed by atoms with Crippen molar-refractivity contribution in [3.8, 4) is 0 Å². The highest BCUT2D eigenvalue weighted by atomic mass is 15.3. The van der Waals surface area contributed by atoms with Gasteiger partial charge in [0, 0.05) is 30.4 Å². The number of hydrogen-bond acceptors (Lipinski definition) is 3. The molecule has 0 saturated heterocycles. The summed E-state index contributed by atoms with van der Waals surface area (Å²) in [5.74, 6) is 0.320. The summed E-state index contributed by atoms with van der Waals surface area (Å²) < 4.78 is 0. The average molecular weight is 223 g/mol. The second kappa shape index (κ2) is 4.37. The minimum absolute atomic E-state index is 0.320. The first-order valence-electron chi connectivity index (χ1n) is 5.71. The first-order valence-corrected chi connectivity index (χ1v) is 5.71. The zero-order chi connectivity index (χ0) is 11.5. The maximum absolute atomic E-state index is 4.39. The van der Waals surface area contributed by atoms with Gasteiger partial charge in [-0.2, -0.15) is 5.10 Å². The number of hydrazone groups is 1. The molecule has 1 N–H and O–H groups in total. The van der Waals surface area contributed by atoms with E-state index in [1.165, 1.54) is 5.56 Å². The number of rotatable bonds is 2. The van der Waals surface area contributed by atoms with Crippen LogP contribution in [0.25, 0.3) is 0 Å². The molecule has 0 aliphatic carbocycles. The van der Waals surface area contributed by atoms with Crippen LogP contribution in [0.1, 0.15) is 17.0 Å². The van der Waals surface area contributed by atoms with Crippen LogP contribution in [0.3, 0.4) is 0 Å². The van der Waals surface area contributed by atoms with Gasteiger partial charge in [0.1, 0.15) is 0 Å². The van der Waals surface area contributed by atoms with Gasteiger partial charge in [-0.05, 0) is 17.7 Å². The van der Waals surface area contributed by atoms with E-state index in [0.29, 0.717) is 5.92 Å². The molecule has 1 unspecified atom stereocenters. The molecule has 1 aliphatic rings. The molecule has 17 heavy (non-hydrogen) atoms. The van der Waals surface area contributed by atoms with E-state index in [2.05, 4.69) is 45.8 Å². The van der Waals surface area contributed by atoms with E-state index >= 15 is 0 Å². The zero-order valence-electron chi connectivity index (χ0n) is 9.38. The molecule has 0 amide bonds. The number of aromatic nitrogens is 1. The zero-order valence-corrected chi connectivity index (χ0v) is 9.38. The van der Waals surface area contributed by atoms with Gasteiger partial charge in [-0.1, -0.05) is 30.3 Å². The molecule has 1 aromatic carbocycles. The lowest BCUT2D eigenvalue weighted by Crippen LogP contribution is -2.14. The molecule has 84 valence electrons. The molecule has 3 nitrogen and oxygen atoms in total. The van der Waals surface area contributed by atoms with E-state index in [1.807, 2.05) is 18.3 Å². The standard InChI is InChI=1S/C14H13N3/c1-2-5-11(6-3-1)13-10-16-17-14(13)12-7-4-8-15-9-12/h1-9,13,16H,10H2. The molecule has 2 aromatic rings. The lowest BCUT2D eigenvalue weighted by atomic mass is 9.91. The van der Waals surface area contributed by atoms with Gasteiger partial charge in [-0.25, -0.2) is 0 Å². The predicted octanol–water partition coefficient (Wildman–Crippen LogP) is 2.17. The van der Waals surface area contributed by atoms with Crippen molar-refractivity contribution in [2.75, 3.05) is 6.54 Å². The highest BCUT2D eigenvalue weighted by Crippen LogP contribution is 2.23. The smallest absolute Gasteiger partial charge is 0.0783 e. The summed E-state index contributed by atoms with van der Waals surface area (Å²) in [7, 11) is 0. The predicted molar refractivity (Wildman–Crippen MR) is 68.0 cm³/mol. The number of hydrogen-bond donors (Lipinski definition) is 1. The monoisotopic (exact) mass is 223 g/mol. The van der Waals surface area contributed by atoms with E-state index < -0.39 is 0 Å². The van der Waals surface area contributed by atoms with Crippen molar-refractivity contribution in [1.29, 1.82) is 0 Å². The highest BCUT2D eigenvalue weighted by Gasteiger charge is 2.24. The number of pyridine rings is 1. The minimum atomic E-state index is 0.320.